The molecule has 0 aliphatic carbocycles. The van der Waals surface area contributed by atoms with Crippen LogP contribution in [-0.4, -0.2) is 71.2 Å². The molecule has 1 atom stereocenters. The third-order valence-corrected chi connectivity index (χ3v) is 7.20. The molecule has 0 saturated carbocycles. The van der Waals surface area contributed by atoms with Crippen molar-refractivity contribution in [2.75, 3.05) is 38.8 Å². The third kappa shape index (κ3) is 6.52. The largest absolute Gasteiger partial charge is 0.491 e. The molecule has 1 aromatic carbocycles. The van der Waals surface area contributed by atoms with E-state index in [-0.39, 0.29) is 6.61 Å². The van der Waals surface area contributed by atoms with Crippen molar-refractivity contribution in [3.63, 3.8) is 0 Å². The maximum atomic E-state index is 10.1. The van der Waals surface area contributed by atoms with Crippen molar-refractivity contribution < 1.29 is 14.6 Å². The molecule has 0 spiro atoms. The van der Waals surface area contributed by atoms with Gasteiger partial charge >= 0.3 is 6.01 Å². The van der Waals surface area contributed by atoms with E-state index in [0.717, 1.165) is 16.8 Å². The molecule has 4 N–H and O–H groups in total. The van der Waals surface area contributed by atoms with Crippen LogP contribution in [-0.2, 0) is 13.1 Å². The first-order valence-corrected chi connectivity index (χ1v) is 13.9. The summed E-state index contributed by atoms with van der Waals surface area (Å²) >= 11 is 10.1. The van der Waals surface area contributed by atoms with Gasteiger partial charge in [-0.1, -0.05) is 11.6 Å². The summed E-state index contributed by atoms with van der Waals surface area (Å²) in [6.45, 7) is 5.92. The highest BCUT2D eigenvalue weighted by atomic mass is 79.9. The Morgan fingerprint density at radius 3 is 2.75 bits per heavy atom. The first-order chi connectivity index (χ1) is 19.3. The molecule has 0 radical (unpaired) electrons. The molecular weight excluding hydrogens is 600 g/mol. The van der Waals surface area contributed by atoms with Crippen LogP contribution >= 0.6 is 27.5 Å². The van der Waals surface area contributed by atoms with Crippen LogP contribution in [0, 0.1) is 12.3 Å². The summed E-state index contributed by atoms with van der Waals surface area (Å²) in [6, 6.07) is 5.57. The van der Waals surface area contributed by atoms with Crippen molar-refractivity contribution in [3.05, 3.63) is 56.4 Å². The fraction of sp³-hybridized carbons (Fsp3) is 0.370. The van der Waals surface area contributed by atoms with Gasteiger partial charge in [0.25, 0.3) is 0 Å². The highest BCUT2D eigenvalue weighted by molar-refractivity contribution is 9.12. The lowest BCUT2D eigenvalue weighted by molar-refractivity contribution is 0.108. The van der Waals surface area contributed by atoms with Gasteiger partial charge in [0, 0.05) is 49.2 Å². The Kier molecular flexibility index (Phi) is 9.90. The molecule has 2 aromatic heterocycles. The lowest BCUT2D eigenvalue weighted by atomic mass is 10.1. The second-order valence-electron chi connectivity index (χ2n) is 9.04. The fourth-order valence-corrected chi connectivity index (χ4v) is 4.92. The van der Waals surface area contributed by atoms with E-state index in [2.05, 4.69) is 41.4 Å². The van der Waals surface area contributed by atoms with Gasteiger partial charge in [-0.3, -0.25) is 0 Å². The predicted molar refractivity (Wildman–Crippen MR) is 159 cm³/mol. The average molecular weight is 632 g/mol. The maximum Gasteiger partial charge on any atom is 0.316 e. The molecule has 3 heterocycles. The lowest BCUT2D eigenvalue weighted by Crippen LogP contribution is -2.29. The number of nitrogens with zero attached hydrogens (tertiary/aromatic N) is 5. The molecule has 0 amide bonds. The van der Waals surface area contributed by atoms with Gasteiger partial charge in [0.2, 0.25) is 0 Å². The van der Waals surface area contributed by atoms with Crippen LogP contribution in [0.15, 0.2) is 28.9 Å². The van der Waals surface area contributed by atoms with Crippen LogP contribution in [0.2, 0.25) is 5.02 Å². The normalized spacial score (nSPS) is 13.9. The zero-order valence-corrected chi connectivity index (χ0v) is 25.1. The van der Waals surface area contributed by atoms with E-state index >= 15 is 0 Å². The van der Waals surface area contributed by atoms with Crippen LogP contribution in [0.3, 0.4) is 0 Å². The summed E-state index contributed by atoms with van der Waals surface area (Å²) in [6.07, 6.45) is 2.33. The summed E-state index contributed by atoms with van der Waals surface area (Å²) in [5, 5.41) is 24.4. The van der Waals surface area contributed by atoms with Crippen molar-refractivity contribution in [3.8, 4) is 23.1 Å². The standard InChI is InChI=1S/C27H32BrClN8O3/c1-5-39-27-33-10-16-12-37(13-22(16)34-27)26-15(2)23(24(32-4)20(28)9-30)35-25(36-26)19-8-18(6-7-21(19)29)40-14-17(38)11-31-3/h6-10,17,30-32,38H,5,11-14H2,1-4H3/b24-20+,30-9?/t17-/m1/s1. The van der Waals surface area contributed by atoms with Gasteiger partial charge in [-0.05, 0) is 55.0 Å². The van der Waals surface area contributed by atoms with Crippen LogP contribution in [0.4, 0.5) is 5.82 Å². The Bertz CT molecular complexity index is 1420. The van der Waals surface area contributed by atoms with Crippen LogP contribution in [0.5, 0.6) is 11.8 Å². The minimum atomic E-state index is -0.664. The highest BCUT2D eigenvalue weighted by Crippen LogP contribution is 2.36. The van der Waals surface area contributed by atoms with E-state index in [1.807, 2.05) is 13.8 Å². The monoisotopic (exact) mass is 630 g/mol. The minimum Gasteiger partial charge on any atom is -0.491 e. The summed E-state index contributed by atoms with van der Waals surface area (Å²) in [5.74, 6) is 1.61. The van der Waals surface area contributed by atoms with E-state index in [4.69, 9.17) is 36.5 Å². The quantitative estimate of drug-likeness (QED) is 0.219. The first-order valence-electron chi connectivity index (χ1n) is 12.7. The van der Waals surface area contributed by atoms with Gasteiger partial charge in [0.15, 0.2) is 5.82 Å². The summed E-state index contributed by atoms with van der Waals surface area (Å²) < 4.78 is 11.8. The number of hydrogen-bond acceptors (Lipinski definition) is 11. The van der Waals surface area contributed by atoms with Crippen molar-refractivity contribution in [2.45, 2.75) is 33.0 Å². The number of aliphatic hydroxyl groups excluding tert-OH is 1. The zero-order chi connectivity index (χ0) is 28.8. The van der Waals surface area contributed by atoms with Gasteiger partial charge in [-0.15, -0.1) is 0 Å². The van der Waals surface area contributed by atoms with Gasteiger partial charge in [-0.25, -0.2) is 15.0 Å². The molecule has 0 fully saturated rings. The van der Waals surface area contributed by atoms with E-state index in [0.29, 0.717) is 76.1 Å². The van der Waals surface area contributed by atoms with Gasteiger partial charge < -0.3 is 35.5 Å². The number of anilines is 1. The van der Waals surface area contributed by atoms with E-state index in [1.165, 1.54) is 6.21 Å². The Hall–Kier alpha value is -3.32. The number of benzene rings is 1. The number of allylic oxidation sites excluding steroid dienone is 1. The van der Waals surface area contributed by atoms with Crippen LogP contribution in [0.1, 0.15) is 29.4 Å². The molecule has 0 bridgehead atoms. The Balaban J connectivity index is 1.80. The predicted octanol–water partition coefficient (Wildman–Crippen LogP) is 3.71. The number of halogens is 2. The summed E-state index contributed by atoms with van der Waals surface area (Å²) in [4.78, 5) is 20.9. The lowest BCUT2D eigenvalue weighted by Gasteiger charge is -2.22. The van der Waals surface area contributed by atoms with Crippen molar-refractivity contribution in [2.24, 2.45) is 0 Å². The number of nitrogens with one attached hydrogen (secondary N) is 3. The minimum absolute atomic E-state index is 0.114. The number of ether oxygens (including phenoxy) is 2. The fourth-order valence-electron chi connectivity index (χ4n) is 4.34. The molecule has 0 unspecified atom stereocenters. The number of hydrogen-bond donors (Lipinski definition) is 4. The van der Waals surface area contributed by atoms with Gasteiger partial charge in [0.05, 0.1) is 39.7 Å². The SMILES string of the molecule is CCOc1ncc2c(n1)CN(c1nc(-c3cc(OC[C@H](O)CNC)ccc3Cl)nc(/C(NC)=C(\Br)C=N)c1C)C2. The van der Waals surface area contributed by atoms with Crippen molar-refractivity contribution in [1.29, 1.82) is 5.41 Å². The Labute approximate surface area is 246 Å². The van der Waals surface area contributed by atoms with E-state index in [1.54, 1.807) is 38.5 Å². The molecule has 13 heteroatoms. The number of likely N-dealkylation sites (N-methyl/N-ethyl adjacent to an activating group) is 1. The molecule has 212 valence electrons. The number of fused-ring (bicyclic) bond motifs is 1. The molecule has 1 aliphatic heterocycles. The maximum absolute atomic E-state index is 10.1. The average Bonchev–Trinajstić information content (AvgIpc) is 3.37. The smallest absolute Gasteiger partial charge is 0.316 e. The third-order valence-electron chi connectivity index (χ3n) is 6.24. The highest BCUT2D eigenvalue weighted by Gasteiger charge is 2.27. The molecule has 3 aromatic rings. The molecule has 40 heavy (non-hydrogen) atoms. The Morgan fingerprint density at radius 2 is 2.05 bits per heavy atom. The zero-order valence-electron chi connectivity index (χ0n) is 22.8. The topological polar surface area (TPSA) is 141 Å². The van der Waals surface area contributed by atoms with Crippen LogP contribution < -0.4 is 25.0 Å². The molecular formula is C27H32BrClN8O3. The van der Waals surface area contributed by atoms with Crippen molar-refractivity contribution >= 4 is 45.3 Å². The first kappa shape index (κ1) is 29.7. The van der Waals surface area contributed by atoms with E-state index < -0.39 is 6.10 Å². The molecule has 11 nitrogen and oxygen atoms in total. The molecule has 0 saturated heterocycles. The molecule has 1 aliphatic rings. The summed E-state index contributed by atoms with van der Waals surface area (Å²) in [5.41, 5.74) is 4.49. The second kappa shape index (κ2) is 13.4. The molecule has 4 rings (SSSR count). The summed E-state index contributed by atoms with van der Waals surface area (Å²) in [7, 11) is 3.54. The van der Waals surface area contributed by atoms with Gasteiger partial charge in [-0.2, -0.15) is 4.98 Å². The number of aliphatic hydroxyl groups is 1. The second-order valence-corrected chi connectivity index (χ2v) is 10.3. The Morgan fingerprint density at radius 1 is 1.25 bits per heavy atom. The van der Waals surface area contributed by atoms with Crippen molar-refractivity contribution in [1.82, 2.24) is 30.6 Å². The van der Waals surface area contributed by atoms with Crippen LogP contribution in [0.25, 0.3) is 17.1 Å². The number of rotatable bonds is 12. The number of aromatic nitrogens is 4. The van der Waals surface area contributed by atoms with Gasteiger partial charge in [0.1, 0.15) is 24.3 Å². The van der Waals surface area contributed by atoms with E-state index in [9.17, 15) is 5.11 Å².